The highest BCUT2D eigenvalue weighted by molar-refractivity contribution is 6.22. The van der Waals surface area contributed by atoms with Gasteiger partial charge in [0.05, 0.1) is 12.8 Å². The molecule has 0 spiro atoms. The lowest BCUT2D eigenvalue weighted by Gasteiger charge is -2.38. The van der Waals surface area contributed by atoms with Crippen LogP contribution < -0.4 is 14.5 Å². The van der Waals surface area contributed by atoms with Crippen molar-refractivity contribution < 1.29 is 9.53 Å². The molecule has 1 atom stereocenters. The van der Waals surface area contributed by atoms with Crippen molar-refractivity contribution in [2.45, 2.75) is 19.4 Å². The third-order valence-corrected chi connectivity index (χ3v) is 6.49. The molecular formula is C28H30N4O2. The maximum atomic E-state index is 13.6. The fourth-order valence-corrected chi connectivity index (χ4v) is 4.67. The minimum atomic E-state index is -0.408. The fraction of sp³-hybridized carbons (Fsp3) is 0.286. The Labute approximate surface area is 201 Å². The summed E-state index contributed by atoms with van der Waals surface area (Å²) in [5, 5.41) is 0. The van der Waals surface area contributed by atoms with Crippen molar-refractivity contribution in [1.82, 2.24) is 4.90 Å². The zero-order chi connectivity index (χ0) is 23.5. The predicted octanol–water partition coefficient (Wildman–Crippen LogP) is 4.14. The molecule has 3 aromatic carbocycles. The third kappa shape index (κ3) is 4.49. The summed E-state index contributed by atoms with van der Waals surface area (Å²) < 4.78 is 5.39. The number of rotatable bonds is 5. The molecule has 0 radical (unpaired) electrons. The zero-order valence-corrected chi connectivity index (χ0v) is 19.7. The van der Waals surface area contributed by atoms with Crippen LogP contribution in [0.2, 0.25) is 0 Å². The molecule has 0 aromatic heterocycles. The van der Waals surface area contributed by atoms with Gasteiger partial charge in [-0.3, -0.25) is 4.79 Å². The van der Waals surface area contributed by atoms with Crippen molar-refractivity contribution in [3.63, 3.8) is 0 Å². The van der Waals surface area contributed by atoms with Crippen LogP contribution in [-0.2, 0) is 11.2 Å². The van der Waals surface area contributed by atoms with Gasteiger partial charge in [0.15, 0.2) is 0 Å². The molecule has 0 N–H and O–H groups in total. The van der Waals surface area contributed by atoms with E-state index >= 15 is 0 Å². The average Bonchev–Trinajstić information content (AvgIpc) is 3.20. The normalized spacial score (nSPS) is 18.3. The summed E-state index contributed by atoms with van der Waals surface area (Å²) in [7, 11) is 1.69. The van der Waals surface area contributed by atoms with Crippen LogP contribution in [0.25, 0.3) is 0 Å². The SMILES string of the molecule is COc1cccc(N2CCN(C3=NC(Cc4ccccc4)C(=O)N3c3cccc(C)c3)CC2)c1. The monoisotopic (exact) mass is 454 g/mol. The second-order valence-corrected chi connectivity index (χ2v) is 8.82. The van der Waals surface area contributed by atoms with Crippen LogP contribution in [-0.4, -0.2) is 56.1 Å². The Bertz CT molecular complexity index is 1190. The Morgan fingerprint density at radius 1 is 0.853 bits per heavy atom. The Balaban J connectivity index is 1.38. The third-order valence-electron chi connectivity index (χ3n) is 6.49. The van der Waals surface area contributed by atoms with E-state index in [0.29, 0.717) is 6.42 Å². The largest absolute Gasteiger partial charge is 0.497 e. The number of benzene rings is 3. The predicted molar refractivity (Wildman–Crippen MR) is 137 cm³/mol. The summed E-state index contributed by atoms with van der Waals surface area (Å²) in [6.07, 6.45) is 0.606. The van der Waals surface area contributed by atoms with Crippen molar-refractivity contribution in [1.29, 1.82) is 0 Å². The van der Waals surface area contributed by atoms with Crippen LogP contribution >= 0.6 is 0 Å². The van der Waals surface area contributed by atoms with Crippen LogP contribution in [0, 0.1) is 6.92 Å². The summed E-state index contributed by atoms with van der Waals surface area (Å²) in [6.45, 7) is 5.35. The van der Waals surface area contributed by atoms with Gasteiger partial charge < -0.3 is 14.5 Å². The van der Waals surface area contributed by atoms with Crippen molar-refractivity contribution in [3.05, 3.63) is 90.0 Å². The van der Waals surface area contributed by atoms with E-state index in [1.54, 1.807) is 7.11 Å². The van der Waals surface area contributed by atoms with Gasteiger partial charge in [0.1, 0.15) is 11.8 Å². The van der Waals surface area contributed by atoms with Gasteiger partial charge in [-0.1, -0.05) is 48.5 Å². The fourth-order valence-electron chi connectivity index (χ4n) is 4.67. The molecule has 6 nitrogen and oxygen atoms in total. The Morgan fingerprint density at radius 3 is 2.29 bits per heavy atom. The number of guanidine groups is 1. The van der Waals surface area contributed by atoms with E-state index in [1.807, 2.05) is 47.4 Å². The molecule has 2 heterocycles. The molecule has 1 unspecified atom stereocenters. The molecule has 1 amide bonds. The number of methoxy groups -OCH3 is 1. The van der Waals surface area contributed by atoms with Gasteiger partial charge in [-0.15, -0.1) is 0 Å². The lowest BCUT2D eigenvalue weighted by Crippen LogP contribution is -2.53. The highest BCUT2D eigenvalue weighted by Gasteiger charge is 2.39. The molecule has 5 rings (SSSR count). The van der Waals surface area contributed by atoms with Crippen molar-refractivity contribution in [2.75, 3.05) is 43.1 Å². The average molecular weight is 455 g/mol. The maximum Gasteiger partial charge on any atom is 0.259 e. The van der Waals surface area contributed by atoms with E-state index in [-0.39, 0.29) is 5.91 Å². The van der Waals surface area contributed by atoms with Crippen molar-refractivity contribution >= 4 is 23.2 Å². The standard InChI is InChI=1S/C28H30N4O2/c1-21-8-6-12-24(18-21)32-27(33)26(19-22-9-4-3-5-10-22)29-28(32)31-16-14-30(15-17-31)23-11-7-13-25(20-23)34-2/h3-13,18,20,26H,14-17,19H2,1-2H3. The number of aryl methyl sites for hydroxylation is 1. The van der Waals surface area contributed by atoms with Gasteiger partial charge in [-0.25, -0.2) is 9.89 Å². The van der Waals surface area contributed by atoms with Crippen molar-refractivity contribution in [2.24, 2.45) is 4.99 Å². The van der Waals surface area contributed by atoms with Gasteiger partial charge in [0.25, 0.3) is 5.91 Å². The zero-order valence-electron chi connectivity index (χ0n) is 19.7. The van der Waals surface area contributed by atoms with Crippen LogP contribution in [0.5, 0.6) is 5.75 Å². The number of amides is 1. The molecule has 174 valence electrons. The first-order chi connectivity index (χ1) is 16.6. The number of nitrogens with zero attached hydrogens (tertiary/aromatic N) is 4. The number of piperazine rings is 1. The van der Waals surface area contributed by atoms with Gasteiger partial charge in [-0.05, 0) is 42.3 Å². The molecule has 1 fully saturated rings. The summed E-state index contributed by atoms with van der Waals surface area (Å²) >= 11 is 0. The van der Waals surface area contributed by atoms with E-state index in [9.17, 15) is 4.79 Å². The molecule has 3 aromatic rings. The Morgan fingerprint density at radius 2 is 1.56 bits per heavy atom. The quantitative estimate of drug-likeness (QED) is 0.581. The Kier molecular flexibility index (Phi) is 6.21. The van der Waals surface area contributed by atoms with E-state index in [4.69, 9.17) is 9.73 Å². The van der Waals surface area contributed by atoms with Gasteiger partial charge in [0, 0.05) is 44.4 Å². The highest BCUT2D eigenvalue weighted by Crippen LogP contribution is 2.28. The van der Waals surface area contributed by atoms with Crippen LogP contribution in [0.15, 0.2) is 83.9 Å². The first kappa shape index (κ1) is 22.0. The first-order valence-electron chi connectivity index (χ1n) is 11.8. The summed E-state index contributed by atoms with van der Waals surface area (Å²) in [5.41, 5.74) is 4.28. The molecule has 0 saturated carbocycles. The first-order valence-corrected chi connectivity index (χ1v) is 11.8. The van der Waals surface area contributed by atoms with E-state index in [2.05, 4.69) is 53.1 Å². The molecule has 6 heteroatoms. The number of carbonyl (C=O) groups excluding carboxylic acids is 1. The molecule has 2 aliphatic rings. The smallest absolute Gasteiger partial charge is 0.259 e. The second kappa shape index (κ2) is 9.59. The minimum Gasteiger partial charge on any atom is -0.497 e. The number of carbonyl (C=O) groups is 1. The number of aliphatic imine (C=N–C) groups is 1. The maximum absolute atomic E-state index is 13.6. The number of hydrogen-bond donors (Lipinski definition) is 0. The molecule has 34 heavy (non-hydrogen) atoms. The topological polar surface area (TPSA) is 48.4 Å². The lowest BCUT2D eigenvalue weighted by molar-refractivity contribution is -0.118. The summed E-state index contributed by atoms with van der Waals surface area (Å²) in [6, 6.07) is 26.0. The summed E-state index contributed by atoms with van der Waals surface area (Å²) in [5.74, 6) is 1.67. The second-order valence-electron chi connectivity index (χ2n) is 8.82. The lowest BCUT2D eigenvalue weighted by atomic mass is 10.1. The summed E-state index contributed by atoms with van der Waals surface area (Å²) in [4.78, 5) is 25.0. The van der Waals surface area contributed by atoms with E-state index in [0.717, 1.165) is 60.4 Å². The van der Waals surface area contributed by atoms with Crippen LogP contribution in [0.1, 0.15) is 11.1 Å². The van der Waals surface area contributed by atoms with Crippen LogP contribution in [0.4, 0.5) is 11.4 Å². The van der Waals surface area contributed by atoms with Gasteiger partial charge in [-0.2, -0.15) is 0 Å². The number of ether oxygens (including phenoxy) is 1. The molecular weight excluding hydrogens is 424 g/mol. The van der Waals surface area contributed by atoms with Gasteiger partial charge in [0.2, 0.25) is 5.96 Å². The Hall–Kier alpha value is -3.80. The molecule has 0 aliphatic carbocycles. The minimum absolute atomic E-state index is 0.0414. The number of hydrogen-bond acceptors (Lipinski definition) is 5. The number of anilines is 2. The van der Waals surface area contributed by atoms with Crippen LogP contribution in [0.3, 0.4) is 0 Å². The van der Waals surface area contributed by atoms with E-state index in [1.165, 1.54) is 0 Å². The van der Waals surface area contributed by atoms with Crippen molar-refractivity contribution in [3.8, 4) is 5.75 Å². The molecule has 2 aliphatic heterocycles. The highest BCUT2D eigenvalue weighted by atomic mass is 16.5. The molecule has 0 bridgehead atoms. The van der Waals surface area contributed by atoms with Gasteiger partial charge >= 0.3 is 0 Å². The van der Waals surface area contributed by atoms with E-state index < -0.39 is 6.04 Å². The molecule has 1 saturated heterocycles.